The molecule has 1 aliphatic heterocycles. The summed E-state index contributed by atoms with van der Waals surface area (Å²) < 4.78 is 10.9. The molecule has 3 rings (SSSR count). The van der Waals surface area contributed by atoms with Gasteiger partial charge >= 0.3 is 0 Å². The third kappa shape index (κ3) is 2.08. The number of aliphatic hydroxyl groups is 1. The van der Waals surface area contributed by atoms with Crippen LogP contribution in [0.25, 0.3) is 0 Å². The maximum atomic E-state index is 12.5. The lowest BCUT2D eigenvalue weighted by Gasteiger charge is -2.38. The highest BCUT2D eigenvalue weighted by atomic mass is 16.6. The Bertz CT molecular complexity index is 677. The summed E-state index contributed by atoms with van der Waals surface area (Å²) in [6.45, 7) is 1.67. The van der Waals surface area contributed by atoms with Gasteiger partial charge in [-0.05, 0) is 43.3 Å². The van der Waals surface area contributed by atoms with Crippen molar-refractivity contribution in [3.8, 4) is 11.5 Å². The number of benzene rings is 2. The molecule has 108 valence electrons. The van der Waals surface area contributed by atoms with Crippen molar-refractivity contribution in [2.75, 3.05) is 7.11 Å². The molecular formula is C17H16O4. The Morgan fingerprint density at radius 1 is 1.14 bits per heavy atom. The molecule has 2 aromatic carbocycles. The molecule has 0 amide bonds. The van der Waals surface area contributed by atoms with Gasteiger partial charge < -0.3 is 14.6 Å². The van der Waals surface area contributed by atoms with E-state index < -0.39 is 11.7 Å². The van der Waals surface area contributed by atoms with Crippen LogP contribution < -0.4 is 9.47 Å². The Balaban J connectivity index is 2.06. The average molecular weight is 284 g/mol. The van der Waals surface area contributed by atoms with Crippen molar-refractivity contribution in [2.45, 2.75) is 12.7 Å². The van der Waals surface area contributed by atoms with Crippen LogP contribution in [-0.2, 0) is 5.79 Å². The van der Waals surface area contributed by atoms with Gasteiger partial charge in [-0.3, -0.25) is 4.79 Å². The molecule has 0 unspecified atom stereocenters. The lowest BCUT2D eigenvalue weighted by atomic mass is 9.84. The van der Waals surface area contributed by atoms with Crippen molar-refractivity contribution in [1.29, 1.82) is 0 Å². The van der Waals surface area contributed by atoms with Gasteiger partial charge in [0.05, 0.1) is 18.6 Å². The largest absolute Gasteiger partial charge is 0.497 e. The SMILES string of the molecule is COc1ccc([C@]2(O)Oc3ccccc3C(=O)[C@H]2C)cc1. The van der Waals surface area contributed by atoms with Crippen molar-refractivity contribution >= 4 is 5.78 Å². The van der Waals surface area contributed by atoms with E-state index in [2.05, 4.69) is 0 Å². The minimum absolute atomic E-state index is 0.129. The zero-order valence-electron chi connectivity index (χ0n) is 11.9. The van der Waals surface area contributed by atoms with Crippen LogP contribution in [0.4, 0.5) is 0 Å². The normalized spacial score (nSPS) is 24.1. The topological polar surface area (TPSA) is 55.8 Å². The van der Waals surface area contributed by atoms with Crippen LogP contribution in [0.3, 0.4) is 0 Å². The Hall–Kier alpha value is -2.33. The molecule has 1 aliphatic rings. The van der Waals surface area contributed by atoms with E-state index in [4.69, 9.17) is 9.47 Å². The van der Waals surface area contributed by atoms with E-state index in [0.29, 0.717) is 22.6 Å². The first kappa shape index (κ1) is 13.6. The van der Waals surface area contributed by atoms with Crippen LogP contribution in [0.5, 0.6) is 11.5 Å². The molecule has 0 bridgehead atoms. The first-order valence-electron chi connectivity index (χ1n) is 6.75. The van der Waals surface area contributed by atoms with Crippen LogP contribution in [0, 0.1) is 5.92 Å². The standard InChI is InChI=1S/C17H16O4/c1-11-16(18)14-5-3-4-6-15(14)21-17(11,19)12-7-9-13(20-2)10-8-12/h3-11,19H,1-2H3/t11-,17-/m1/s1. The van der Waals surface area contributed by atoms with Gasteiger partial charge in [-0.1, -0.05) is 12.1 Å². The highest BCUT2D eigenvalue weighted by molar-refractivity contribution is 6.01. The summed E-state index contributed by atoms with van der Waals surface area (Å²) in [5.74, 6) is -1.41. The van der Waals surface area contributed by atoms with Gasteiger partial charge in [-0.15, -0.1) is 0 Å². The predicted molar refractivity (Wildman–Crippen MR) is 77.5 cm³/mol. The van der Waals surface area contributed by atoms with E-state index in [1.165, 1.54) is 0 Å². The van der Waals surface area contributed by atoms with Gasteiger partial charge in [0.2, 0.25) is 5.79 Å². The molecule has 0 aromatic heterocycles. The number of para-hydroxylation sites is 1. The van der Waals surface area contributed by atoms with Crippen molar-refractivity contribution in [2.24, 2.45) is 5.92 Å². The van der Waals surface area contributed by atoms with Gasteiger partial charge in [0.25, 0.3) is 0 Å². The van der Waals surface area contributed by atoms with Crippen LogP contribution in [-0.4, -0.2) is 18.0 Å². The third-order valence-electron chi connectivity index (χ3n) is 3.90. The molecule has 0 spiro atoms. The summed E-state index contributed by atoms with van der Waals surface area (Å²) in [5.41, 5.74) is 1.03. The van der Waals surface area contributed by atoms with Crippen molar-refractivity contribution in [1.82, 2.24) is 0 Å². The second kappa shape index (κ2) is 4.90. The van der Waals surface area contributed by atoms with Gasteiger partial charge in [0, 0.05) is 5.56 Å². The molecule has 4 heteroatoms. The number of Topliss-reactive ketones (excluding diaryl/α,β-unsaturated/α-hetero) is 1. The zero-order valence-corrected chi connectivity index (χ0v) is 11.9. The van der Waals surface area contributed by atoms with Gasteiger partial charge in [0.15, 0.2) is 5.78 Å². The lowest BCUT2D eigenvalue weighted by Crippen LogP contribution is -2.46. The lowest BCUT2D eigenvalue weighted by molar-refractivity contribution is -0.176. The molecule has 2 atom stereocenters. The quantitative estimate of drug-likeness (QED) is 0.921. The maximum absolute atomic E-state index is 12.5. The number of rotatable bonds is 2. The summed E-state index contributed by atoms with van der Waals surface area (Å²) in [6.07, 6.45) is 0. The molecule has 1 N–H and O–H groups in total. The van der Waals surface area contributed by atoms with Gasteiger partial charge in [-0.25, -0.2) is 0 Å². The number of ether oxygens (including phenoxy) is 2. The molecule has 0 saturated carbocycles. The summed E-state index contributed by atoms with van der Waals surface area (Å²) >= 11 is 0. The van der Waals surface area contributed by atoms with Crippen LogP contribution in [0.1, 0.15) is 22.8 Å². The molecular weight excluding hydrogens is 268 g/mol. The zero-order chi connectivity index (χ0) is 15.0. The van der Waals surface area contributed by atoms with Crippen molar-refractivity contribution in [3.63, 3.8) is 0 Å². The van der Waals surface area contributed by atoms with E-state index in [9.17, 15) is 9.90 Å². The van der Waals surface area contributed by atoms with Gasteiger partial charge in [0.1, 0.15) is 11.5 Å². The van der Waals surface area contributed by atoms with Crippen LogP contribution in [0.2, 0.25) is 0 Å². The fraction of sp³-hybridized carbons (Fsp3) is 0.235. The number of fused-ring (bicyclic) bond motifs is 1. The fourth-order valence-corrected chi connectivity index (χ4v) is 2.56. The summed E-state index contributed by atoms with van der Waals surface area (Å²) in [4.78, 5) is 12.5. The first-order chi connectivity index (χ1) is 10.1. The monoisotopic (exact) mass is 284 g/mol. The molecule has 1 heterocycles. The van der Waals surface area contributed by atoms with E-state index in [0.717, 1.165) is 0 Å². The van der Waals surface area contributed by atoms with Crippen molar-refractivity contribution < 1.29 is 19.4 Å². The number of methoxy groups -OCH3 is 1. The van der Waals surface area contributed by atoms with E-state index >= 15 is 0 Å². The predicted octanol–water partition coefficient (Wildman–Crippen LogP) is 2.75. The molecule has 0 aliphatic carbocycles. The van der Waals surface area contributed by atoms with Crippen molar-refractivity contribution in [3.05, 3.63) is 59.7 Å². The molecule has 0 fully saturated rings. The number of carbonyl (C=O) groups is 1. The van der Waals surface area contributed by atoms with E-state index in [-0.39, 0.29) is 5.78 Å². The average Bonchev–Trinajstić information content (AvgIpc) is 2.53. The molecule has 0 saturated heterocycles. The second-order valence-corrected chi connectivity index (χ2v) is 5.11. The highest BCUT2D eigenvalue weighted by Gasteiger charge is 2.47. The molecule has 4 nitrogen and oxygen atoms in total. The number of hydrogen-bond acceptors (Lipinski definition) is 4. The third-order valence-corrected chi connectivity index (χ3v) is 3.90. The second-order valence-electron chi connectivity index (χ2n) is 5.11. The number of hydrogen-bond donors (Lipinski definition) is 1. The first-order valence-corrected chi connectivity index (χ1v) is 6.75. The number of carbonyl (C=O) groups excluding carboxylic acids is 1. The van der Waals surface area contributed by atoms with E-state index in [1.807, 2.05) is 0 Å². The minimum atomic E-state index is -1.67. The number of ketones is 1. The summed E-state index contributed by atoms with van der Waals surface area (Å²) in [5, 5.41) is 10.9. The Morgan fingerprint density at radius 2 is 1.81 bits per heavy atom. The van der Waals surface area contributed by atoms with E-state index in [1.54, 1.807) is 62.6 Å². The summed E-state index contributed by atoms with van der Waals surface area (Å²) in [7, 11) is 1.57. The Morgan fingerprint density at radius 3 is 2.48 bits per heavy atom. The molecule has 21 heavy (non-hydrogen) atoms. The summed E-state index contributed by atoms with van der Waals surface area (Å²) in [6, 6.07) is 13.8. The molecule has 0 radical (unpaired) electrons. The maximum Gasteiger partial charge on any atom is 0.244 e. The van der Waals surface area contributed by atoms with Crippen LogP contribution in [0.15, 0.2) is 48.5 Å². The minimum Gasteiger partial charge on any atom is -0.497 e. The Kier molecular flexibility index (Phi) is 3.18. The molecule has 2 aromatic rings. The smallest absolute Gasteiger partial charge is 0.244 e. The Labute approximate surface area is 122 Å². The van der Waals surface area contributed by atoms with Crippen LogP contribution >= 0.6 is 0 Å². The highest BCUT2D eigenvalue weighted by Crippen LogP contribution is 2.41. The fourth-order valence-electron chi connectivity index (χ4n) is 2.56. The van der Waals surface area contributed by atoms with Gasteiger partial charge in [-0.2, -0.15) is 0 Å².